The van der Waals surface area contributed by atoms with E-state index in [0.29, 0.717) is 11.4 Å². The second-order valence-corrected chi connectivity index (χ2v) is 7.47. The zero-order valence-electron chi connectivity index (χ0n) is 13.1. The van der Waals surface area contributed by atoms with Gasteiger partial charge in [-0.3, -0.25) is 5.32 Å². The lowest BCUT2D eigenvalue weighted by Crippen LogP contribution is -2.27. The van der Waals surface area contributed by atoms with Gasteiger partial charge in [0, 0.05) is 11.4 Å². The average molecular weight is 339 g/mol. The molecule has 0 aliphatic carbocycles. The minimum atomic E-state index is -0.519. The number of hydrogen-bond acceptors (Lipinski definition) is 4. The zero-order valence-corrected chi connectivity index (χ0v) is 14.6. The van der Waals surface area contributed by atoms with Crippen molar-refractivity contribution in [1.82, 2.24) is 4.98 Å². The maximum atomic E-state index is 11.8. The van der Waals surface area contributed by atoms with Crippen molar-refractivity contribution in [3.8, 4) is 0 Å². The van der Waals surface area contributed by atoms with Crippen molar-refractivity contribution >= 4 is 34.0 Å². The number of thiazole rings is 1. The molecule has 0 aliphatic rings. The molecular weight excluding hydrogens is 320 g/mol. The molecule has 0 radical (unpaired) electrons. The lowest BCUT2D eigenvalue weighted by atomic mass is 10.2. The van der Waals surface area contributed by atoms with Crippen molar-refractivity contribution in [2.45, 2.75) is 39.7 Å². The molecule has 2 rings (SSSR count). The number of halogens is 1. The fourth-order valence-corrected chi connectivity index (χ4v) is 2.93. The Morgan fingerprint density at radius 2 is 1.95 bits per heavy atom. The number of benzene rings is 1. The number of carbonyl (C=O) groups is 1. The van der Waals surface area contributed by atoms with E-state index in [4.69, 9.17) is 16.3 Å². The Bertz CT molecular complexity index is 660. The second kappa shape index (κ2) is 6.67. The van der Waals surface area contributed by atoms with Gasteiger partial charge in [0.1, 0.15) is 10.6 Å². The molecule has 118 valence electrons. The van der Waals surface area contributed by atoms with Crippen LogP contribution in [0.15, 0.2) is 24.3 Å². The van der Waals surface area contributed by atoms with E-state index in [9.17, 15) is 4.79 Å². The van der Waals surface area contributed by atoms with Crippen LogP contribution in [0.25, 0.3) is 0 Å². The van der Waals surface area contributed by atoms with Crippen LogP contribution in [0.3, 0.4) is 0 Å². The number of aromatic nitrogens is 1. The van der Waals surface area contributed by atoms with Crippen molar-refractivity contribution in [1.29, 1.82) is 0 Å². The summed E-state index contributed by atoms with van der Waals surface area (Å²) < 4.78 is 5.25. The molecule has 2 aromatic rings. The van der Waals surface area contributed by atoms with Gasteiger partial charge in [0.2, 0.25) is 0 Å². The minimum Gasteiger partial charge on any atom is -0.444 e. The second-order valence-electron chi connectivity index (χ2n) is 5.95. The molecule has 0 atom stereocenters. The van der Waals surface area contributed by atoms with E-state index < -0.39 is 11.7 Å². The van der Waals surface area contributed by atoms with E-state index >= 15 is 0 Å². The number of rotatable bonds is 3. The summed E-state index contributed by atoms with van der Waals surface area (Å²) in [6.45, 7) is 7.36. The highest BCUT2D eigenvalue weighted by molar-refractivity contribution is 7.16. The van der Waals surface area contributed by atoms with E-state index in [0.717, 1.165) is 21.3 Å². The Labute approximate surface area is 139 Å². The summed E-state index contributed by atoms with van der Waals surface area (Å²) in [5, 5.41) is 5.13. The molecule has 1 aromatic carbocycles. The first-order valence-electron chi connectivity index (χ1n) is 6.94. The van der Waals surface area contributed by atoms with Crippen LogP contribution < -0.4 is 5.32 Å². The lowest BCUT2D eigenvalue weighted by Gasteiger charge is -2.19. The predicted octanol–water partition coefficient (Wildman–Crippen LogP) is 5.04. The topological polar surface area (TPSA) is 51.2 Å². The van der Waals surface area contributed by atoms with E-state index in [1.165, 1.54) is 11.3 Å². The first-order valence-corrected chi connectivity index (χ1v) is 8.13. The van der Waals surface area contributed by atoms with Gasteiger partial charge in [-0.05, 0) is 45.4 Å². The highest BCUT2D eigenvalue weighted by Crippen LogP contribution is 2.26. The van der Waals surface area contributed by atoms with Crippen LogP contribution in [0, 0.1) is 6.92 Å². The normalized spacial score (nSPS) is 11.3. The maximum absolute atomic E-state index is 11.8. The summed E-state index contributed by atoms with van der Waals surface area (Å²) in [7, 11) is 0. The third kappa shape index (κ3) is 5.00. The molecule has 1 heterocycles. The van der Waals surface area contributed by atoms with Gasteiger partial charge in [-0.25, -0.2) is 9.78 Å². The van der Waals surface area contributed by atoms with Gasteiger partial charge in [-0.15, -0.1) is 11.3 Å². The molecule has 0 bridgehead atoms. The summed E-state index contributed by atoms with van der Waals surface area (Å²) in [5.41, 5.74) is 1.40. The van der Waals surface area contributed by atoms with Gasteiger partial charge in [0.15, 0.2) is 0 Å². The number of ether oxygens (including phenoxy) is 1. The number of hydrogen-bond donors (Lipinski definition) is 1. The van der Waals surface area contributed by atoms with Crippen LogP contribution in [0.1, 0.15) is 37.0 Å². The molecule has 6 heteroatoms. The quantitative estimate of drug-likeness (QED) is 0.852. The van der Waals surface area contributed by atoms with Crippen LogP contribution in [0.5, 0.6) is 0 Å². The van der Waals surface area contributed by atoms with Crippen molar-refractivity contribution in [3.63, 3.8) is 0 Å². The Morgan fingerprint density at radius 1 is 1.32 bits per heavy atom. The molecule has 0 saturated carbocycles. The van der Waals surface area contributed by atoms with E-state index in [1.54, 1.807) is 0 Å². The standard InChI is InChI=1S/C16H19ClN2O2S/c1-10-14(19-15(20)21-16(2,3)4)22-13(18-10)9-11-5-7-12(17)8-6-11/h5-8H,9H2,1-4H3,(H,19,20). The van der Waals surface area contributed by atoms with E-state index in [2.05, 4.69) is 10.3 Å². The summed E-state index contributed by atoms with van der Waals surface area (Å²) in [6, 6.07) is 7.66. The Morgan fingerprint density at radius 3 is 2.55 bits per heavy atom. The molecule has 0 spiro atoms. The van der Waals surface area contributed by atoms with E-state index in [-0.39, 0.29) is 0 Å². The van der Waals surface area contributed by atoms with Gasteiger partial charge in [-0.2, -0.15) is 0 Å². The van der Waals surface area contributed by atoms with Gasteiger partial charge in [0.05, 0.1) is 10.7 Å². The van der Waals surface area contributed by atoms with Gasteiger partial charge >= 0.3 is 6.09 Å². The van der Waals surface area contributed by atoms with Crippen molar-refractivity contribution in [2.75, 3.05) is 5.32 Å². The van der Waals surface area contributed by atoms with Crippen molar-refractivity contribution in [2.24, 2.45) is 0 Å². The zero-order chi connectivity index (χ0) is 16.3. The highest BCUT2D eigenvalue weighted by atomic mass is 35.5. The SMILES string of the molecule is Cc1nc(Cc2ccc(Cl)cc2)sc1NC(=O)OC(C)(C)C. The Balaban J connectivity index is 2.05. The first-order chi connectivity index (χ1) is 10.2. The van der Waals surface area contributed by atoms with Gasteiger partial charge < -0.3 is 4.74 Å². The van der Waals surface area contributed by atoms with Crippen LogP contribution >= 0.6 is 22.9 Å². The smallest absolute Gasteiger partial charge is 0.412 e. The number of aryl methyl sites for hydroxylation is 1. The number of carbonyl (C=O) groups excluding carboxylic acids is 1. The molecule has 1 aromatic heterocycles. The number of nitrogens with one attached hydrogen (secondary N) is 1. The summed E-state index contributed by atoms with van der Waals surface area (Å²) in [4.78, 5) is 16.3. The molecule has 0 saturated heterocycles. The fourth-order valence-electron chi connectivity index (χ4n) is 1.82. The molecule has 0 unspecified atom stereocenters. The van der Waals surface area contributed by atoms with E-state index in [1.807, 2.05) is 52.0 Å². The lowest BCUT2D eigenvalue weighted by molar-refractivity contribution is 0.0636. The molecule has 22 heavy (non-hydrogen) atoms. The molecule has 4 nitrogen and oxygen atoms in total. The largest absolute Gasteiger partial charge is 0.444 e. The van der Waals surface area contributed by atoms with Gasteiger partial charge in [-0.1, -0.05) is 23.7 Å². The maximum Gasteiger partial charge on any atom is 0.412 e. The van der Waals surface area contributed by atoms with Crippen molar-refractivity contribution < 1.29 is 9.53 Å². The summed E-state index contributed by atoms with van der Waals surface area (Å²) in [5.74, 6) is 0. The van der Waals surface area contributed by atoms with Crippen molar-refractivity contribution in [3.05, 3.63) is 45.6 Å². The summed E-state index contributed by atoms with van der Waals surface area (Å²) in [6.07, 6.45) is 0.246. The highest BCUT2D eigenvalue weighted by Gasteiger charge is 2.18. The number of nitrogens with zero attached hydrogens (tertiary/aromatic N) is 1. The Kier molecular flexibility index (Phi) is 5.08. The predicted molar refractivity (Wildman–Crippen MR) is 91.0 cm³/mol. The van der Waals surface area contributed by atoms with Crippen LogP contribution in [-0.2, 0) is 11.2 Å². The molecule has 0 aliphatic heterocycles. The third-order valence-electron chi connectivity index (χ3n) is 2.72. The fraction of sp³-hybridized carbons (Fsp3) is 0.375. The minimum absolute atomic E-state index is 0.461. The molecule has 0 fully saturated rings. The molecule has 1 amide bonds. The number of amides is 1. The molecular formula is C16H19ClN2O2S. The van der Waals surface area contributed by atoms with Crippen LogP contribution in [0.4, 0.5) is 9.80 Å². The average Bonchev–Trinajstić information content (AvgIpc) is 2.70. The van der Waals surface area contributed by atoms with Gasteiger partial charge in [0.25, 0.3) is 0 Å². The first kappa shape index (κ1) is 16.8. The third-order valence-corrected chi connectivity index (χ3v) is 4.05. The Hall–Kier alpha value is -1.59. The van der Waals surface area contributed by atoms with Crippen LogP contribution in [0.2, 0.25) is 5.02 Å². The molecule has 1 N–H and O–H groups in total. The summed E-state index contributed by atoms with van der Waals surface area (Å²) >= 11 is 7.34. The monoisotopic (exact) mass is 338 g/mol. The number of anilines is 1. The van der Waals surface area contributed by atoms with Crippen LogP contribution in [-0.4, -0.2) is 16.7 Å².